The highest BCUT2D eigenvalue weighted by molar-refractivity contribution is 6.41. The number of carbonyl (C=O) groups excluding carboxylic acids is 2. The van der Waals surface area contributed by atoms with Gasteiger partial charge in [0.2, 0.25) is 0 Å². The van der Waals surface area contributed by atoms with Crippen molar-refractivity contribution in [2.45, 2.75) is 24.8 Å². The smallest absolute Gasteiger partial charge is 0.316 e. The zero-order chi connectivity index (χ0) is 13.5. The minimum Gasteiger partial charge on any atom is -0.346 e. The number of piperazine rings is 1. The van der Waals surface area contributed by atoms with Crippen molar-refractivity contribution in [3.63, 3.8) is 0 Å². The quantitative estimate of drug-likeness (QED) is 0.759. The summed E-state index contributed by atoms with van der Waals surface area (Å²) in [6.07, 6.45) is 3.19. The van der Waals surface area contributed by atoms with Gasteiger partial charge in [0.05, 0.1) is 0 Å². The second kappa shape index (κ2) is 4.35. The maximum atomic E-state index is 11.8. The van der Waals surface area contributed by atoms with Crippen LogP contribution in [0.4, 0.5) is 5.69 Å². The molecule has 3 N–H and O–H groups in total. The molecular weight excluding hydrogens is 242 g/mol. The fourth-order valence-electron chi connectivity index (χ4n) is 2.65. The van der Waals surface area contributed by atoms with E-state index in [2.05, 4.69) is 5.32 Å². The normalized spacial score (nSPS) is 21.8. The predicted octanol–water partition coefficient (Wildman–Crippen LogP) is 0.487. The average Bonchev–Trinajstić information content (AvgIpc) is 2.39. The molecule has 0 bridgehead atoms. The number of nitrogens with one attached hydrogen (secondary N) is 1. The van der Waals surface area contributed by atoms with Crippen molar-refractivity contribution in [3.8, 4) is 0 Å². The van der Waals surface area contributed by atoms with Crippen LogP contribution in [0.15, 0.2) is 24.3 Å². The van der Waals surface area contributed by atoms with Gasteiger partial charge < -0.3 is 16.0 Å². The van der Waals surface area contributed by atoms with E-state index < -0.39 is 11.8 Å². The highest BCUT2D eigenvalue weighted by Gasteiger charge is 2.34. The average molecular weight is 259 g/mol. The lowest BCUT2D eigenvalue weighted by Gasteiger charge is -2.39. The molecule has 0 spiro atoms. The standard InChI is InChI=1S/C14H17N3O2/c15-14(6-1-7-14)10-2-4-11(5-3-10)17-9-8-16-12(18)13(17)19/h2-5H,1,6-9,15H2,(H,16,18). The molecular formula is C14H17N3O2. The Hall–Kier alpha value is -1.88. The Morgan fingerprint density at radius 1 is 1.16 bits per heavy atom. The molecule has 1 aliphatic heterocycles. The van der Waals surface area contributed by atoms with Crippen molar-refractivity contribution in [3.05, 3.63) is 29.8 Å². The van der Waals surface area contributed by atoms with E-state index in [0.717, 1.165) is 24.1 Å². The molecule has 1 saturated heterocycles. The molecule has 1 aliphatic carbocycles. The van der Waals surface area contributed by atoms with Gasteiger partial charge in [-0.1, -0.05) is 12.1 Å². The Balaban J connectivity index is 1.82. The molecule has 5 heteroatoms. The van der Waals surface area contributed by atoms with Crippen molar-refractivity contribution in [2.75, 3.05) is 18.0 Å². The number of nitrogens with zero attached hydrogens (tertiary/aromatic N) is 1. The van der Waals surface area contributed by atoms with E-state index in [1.54, 1.807) is 0 Å². The van der Waals surface area contributed by atoms with Crippen LogP contribution in [0.1, 0.15) is 24.8 Å². The predicted molar refractivity (Wildman–Crippen MR) is 71.5 cm³/mol. The summed E-state index contributed by atoms with van der Waals surface area (Å²) in [6.45, 7) is 1.00. The summed E-state index contributed by atoms with van der Waals surface area (Å²) in [5.41, 5.74) is 7.93. The second-order valence-corrected chi connectivity index (χ2v) is 5.27. The van der Waals surface area contributed by atoms with Gasteiger partial charge in [-0.05, 0) is 37.0 Å². The topological polar surface area (TPSA) is 75.4 Å². The first-order chi connectivity index (χ1) is 9.10. The summed E-state index contributed by atoms with van der Waals surface area (Å²) >= 11 is 0. The van der Waals surface area contributed by atoms with Crippen molar-refractivity contribution >= 4 is 17.5 Å². The molecule has 5 nitrogen and oxygen atoms in total. The van der Waals surface area contributed by atoms with Gasteiger partial charge >= 0.3 is 11.8 Å². The molecule has 0 radical (unpaired) electrons. The van der Waals surface area contributed by atoms with E-state index in [4.69, 9.17) is 5.73 Å². The first-order valence-corrected chi connectivity index (χ1v) is 6.59. The Morgan fingerprint density at radius 3 is 2.42 bits per heavy atom. The zero-order valence-corrected chi connectivity index (χ0v) is 10.7. The number of benzene rings is 1. The number of hydrogen-bond donors (Lipinski definition) is 2. The zero-order valence-electron chi connectivity index (χ0n) is 10.7. The van der Waals surface area contributed by atoms with Crippen molar-refractivity contribution < 1.29 is 9.59 Å². The third-order valence-electron chi connectivity index (χ3n) is 4.06. The van der Waals surface area contributed by atoms with E-state index in [-0.39, 0.29) is 5.54 Å². The van der Waals surface area contributed by atoms with Crippen LogP contribution in [0.5, 0.6) is 0 Å². The summed E-state index contributed by atoms with van der Waals surface area (Å²) in [4.78, 5) is 24.6. The molecule has 1 aromatic carbocycles. The molecule has 2 aliphatic rings. The Morgan fingerprint density at radius 2 is 1.84 bits per heavy atom. The van der Waals surface area contributed by atoms with Crippen LogP contribution in [0.3, 0.4) is 0 Å². The molecule has 2 amide bonds. The fraction of sp³-hybridized carbons (Fsp3) is 0.429. The van der Waals surface area contributed by atoms with Gasteiger partial charge in [0, 0.05) is 24.3 Å². The van der Waals surface area contributed by atoms with Gasteiger partial charge in [-0.25, -0.2) is 0 Å². The minimum absolute atomic E-state index is 0.193. The number of carbonyl (C=O) groups is 2. The molecule has 0 atom stereocenters. The highest BCUT2D eigenvalue weighted by atomic mass is 16.2. The van der Waals surface area contributed by atoms with Gasteiger partial charge in [0.1, 0.15) is 0 Å². The molecule has 0 aromatic heterocycles. The van der Waals surface area contributed by atoms with Gasteiger partial charge in [-0.2, -0.15) is 0 Å². The summed E-state index contributed by atoms with van der Waals surface area (Å²) in [5.74, 6) is -1.03. The number of rotatable bonds is 2. The van der Waals surface area contributed by atoms with Crippen LogP contribution in [-0.4, -0.2) is 24.9 Å². The number of nitrogens with two attached hydrogens (primary N) is 1. The molecule has 2 fully saturated rings. The maximum Gasteiger partial charge on any atom is 0.316 e. The molecule has 100 valence electrons. The third kappa shape index (κ3) is 2.00. The number of hydrogen-bond acceptors (Lipinski definition) is 3. The van der Waals surface area contributed by atoms with Crippen LogP contribution in [-0.2, 0) is 15.1 Å². The summed E-state index contributed by atoms with van der Waals surface area (Å²) in [7, 11) is 0. The number of anilines is 1. The first kappa shape index (κ1) is 12.2. The molecule has 1 saturated carbocycles. The Bertz CT molecular complexity index is 520. The maximum absolute atomic E-state index is 11.8. The first-order valence-electron chi connectivity index (χ1n) is 6.59. The van der Waals surface area contributed by atoms with E-state index >= 15 is 0 Å². The lowest BCUT2D eigenvalue weighted by molar-refractivity contribution is -0.138. The largest absolute Gasteiger partial charge is 0.346 e. The lowest BCUT2D eigenvalue weighted by Crippen LogP contribution is -2.52. The van der Waals surface area contributed by atoms with Crippen LogP contribution in [0.25, 0.3) is 0 Å². The van der Waals surface area contributed by atoms with E-state index in [9.17, 15) is 9.59 Å². The minimum atomic E-state index is -0.537. The van der Waals surface area contributed by atoms with E-state index in [1.807, 2.05) is 24.3 Å². The molecule has 3 rings (SSSR count). The lowest BCUT2D eigenvalue weighted by atomic mass is 9.73. The van der Waals surface area contributed by atoms with E-state index in [0.29, 0.717) is 13.1 Å². The Labute approximate surface area is 111 Å². The summed E-state index contributed by atoms with van der Waals surface area (Å²) < 4.78 is 0. The molecule has 19 heavy (non-hydrogen) atoms. The SMILES string of the molecule is NC1(c2ccc(N3CCNC(=O)C3=O)cc2)CCC1. The molecule has 1 heterocycles. The summed E-state index contributed by atoms with van der Waals surface area (Å²) in [6, 6.07) is 7.68. The van der Waals surface area contributed by atoms with Crippen molar-refractivity contribution in [2.24, 2.45) is 5.73 Å². The monoisotopic (exact) mass is 259 g/mol. The van der Waals surface area contributed by atoms with Crippen LogP contribution in [0.2, 0.25) is 0 Å². The van der Waals surface area contributed by atoms with Gasteiger partial charge in [-0.3, -0.25) is 9.59 Å². The van der Waals surface area contributed by atoms with Crippen LogP contribution < -0.4 is 16.0 Å². The van der Waals surface area contributed by atoms with Crippen LogP contribution in [0, 0.1) is 0 Å². The fourth-order valence-corrected chi connectivity index (χ4v) is 2.65. The van der Waals surface area contributed by atoms with Crippen LogP contribution >= 0.6 is 0 Å². The van der Waals surface area contributed by atoms with Crippen molar-refractivity contribution in [1.82, 2.24) is 5.32 Å². The second-order valence-electron chi connectivity index (χ2n) is 5.27. The summed E-state index contributed by atoms with van der Waals surface area (Å²) in [5, 5.41) is 2.54. The highest BCUT2D eigenvalue weighted by Crippen LogP contribution is 2.39. The van der Waals surface area contributed by atoms with Gasteiger partial charge in [-0.15, -0.1) is 0 Å². The van der Waals surface area contributed by atoms with Crippen molar-refractivity contribution in [1.29, 1.82) is 0 Å². The van der Waals surface area contributed by atoms with Gasteiger partial charge in [0.25, 0.3) is 0 Å². The number of amides is 2. The molecule has 0 unspecified atom stereocenters. The third-order valence-corrected chi connectivity index (χ3v) is 4.06. The Kier molecular flexibility index (Phi) is 2.78. The van der Waals surface area contributed by atoms with Gasteiger partial charge in [0.15, 0.2) is 0 Å². The molecule has 1 aromatic rings. The van der Waals surface area contributed by atoms with E-state index in [1.165, 1.54) is 11.3 Å².